The Hall–Kier alpha value is -0.870. The number of hydrogen-bond donors (Lipinski definition) is 0. The van der Waals surface area contributed by atoms with E-state index in [0.717, 1.165) is 12.8 Å². The molecule has 0 aromatic heterocycles. The molecule has 82 valence electrons. The molecule has 15 heavy (non-hydrogen) atoms. The summed E-state index contributed by atoms with van der Waals surface area (Å²) in [6, 6.07) is 0. The van der Waals surface area contributed by atoms with Gasteiger partial charge in [-0.05, 0) is 26.3 Å². The van der Waals surface area contributed by atoms with Crippen LogP contribution in [-0.4, -0.2) is 29.4 Å². The van der Waals surface area contributed by atoms with E-state index in [1.165, 1.54) is 5.06 Å². The van der Waals surface area contributed by atoms with Gasteiger partial charge in [-0.2, -0.15) is 5.06 Å². The number of hydroxylamine groups is 2. The topological polar surface area (TPSA) is 38.8 Å². The standard InChI is InChI=1S/C11H15NO3/c1-10(2)8-4-6-11(15-8)5-3-7-14-12(11)9(10)13/h4,6,8H,3,5,7H2,1-2H3/t8-,11+/m1/s1. The minimum atomic E-state index is -0.602. The van der Waals surface area contributed by atoms with Crippen molar-refractivity contribution in [1.82, 2.24) is 5.06 Å². The summed E-state index contributed by atoms with van der Waals surface area (Å²) in [5.74, 6) is 0.0310. The average molecular weight is 209 g/mol. The second-order valence-electron chi connectivity index (χ2n) is 5.00. The Bertz CT molecular complexity index is 350. The van der Waals surface area contributed by atoms with Gasteiger partial charge in [0, 0.05) is 6.42 Å². The number of carbonyl (C=O) groups is 1. The fourth-order valence-corrected chi connectivity index (χ4v) is 2.49. The molecule has 0 saturated carbocycles. The largest absolute Gasteiger partial charge is 0.341 e. The molecule has 1 spiro atoms. The highest BCUT2D eigenvalue weighted by Gasteiger charge is 2.59. The first-order valence-electron chi connectivity index (χ1n) is 5.41. The number of carbonyl (C=O) groups excluding carboxylic acids is 1. The zero-order valence-electron chi connectivity index (χ0n) is 9.03. The van der Waals surface area contributed by atoms with Crippen molar-refractivity contribution < 1.29 is 14.4 Å². The summed E-state index contributed by atoms with van der Waals surface area (Å²) in [7, 11) is 0. The maximum atomic E-state index is 12.2. The number of rotatable bonds is 0. The van der Waals surface area contributed by atoms with Gasteiger partial charge in [-0.3, -0.25) is 9.63 Å². The van der Waals surface area contributed by atoms with Crippen molar-refractivity contribution >= 4 is 5.91 Å². The van der Waals surface area contributed by atoms with Gasteiger partial charge in [0.2, 0.25) is 0 Å². The molecule has 3 heterocycles. The van der Waals surface area contributed by atoms with Crippen LogP contribution in [0.5, 0.6) is 0 Å². The van der Waals surface area contributed by atoms with E-state index >= 15 is 0 Å². The van der Waals surface area contributed by atoms with Gasteiger partial charge in [0.15, 0.2) is 5.72 Å². The highest BCUT2D eigenvalue weighted by molar-refractivity contribution is 5.84. The highest BCUT2D eigenvalue weighted by atomic mass is 16.7. The molecule has 3 rings (SSSR count). The summed E-state index contributed by atoms with van der Waals surface area (Å²) in [6.07, 6.45) is 5.63. The molecule has 0 aromatic rings. The lowest BCUT2D eigenvalue weighted by molar-refractivity contribution is -0.328. The van der Waals surface area contributed by atoms with Gasteiger partial charge in [0.1, 0.15) is 0 Å². The third-order valence-corrected chi connectivity index (χ3v) is 3.55. The number of nitrogens with zero attached hydrogens (tertiary/aromatic N) is 1. The molecule has 3 aliphatic heterocycles. The number of amides is 1. The summed E-state index contributed by atoms with van der Waals surface area (Å²) in [5.41, 5.74) is -1.12. The minimum Gasteiger partial charge on any atom is -0.341 e. The van der Waals surface area contributed by atoms with Crippen LogP contribution in [0.3, 0.4) is 0 Å². The zero-order chi connectivity index (χ0) is 10.7. The maximum Gasteiger partial charge on any atom is 0.257 e. The van der Waals surface area contributed by atoms with Gasteiger partial charge in [-0.1, -0.05) is 6.08 Å². The summed E-state index contributed by atoms with van der Waals surface area (Å²) in [5, 5.41) is 1.44. The molecule has 4 heteroatoms. The van der Waals surface area contributed by atoms with E-state index in [2.05, 4.69) is 0 Å². The van der Waals surface area contributed by atoms with Crippen LogP contribution in [0.1, 0.15) is 26.7 Å². The molecular formula is C11H15NO3. The molecule has 3 aliphatic rings. The Balaban J connectivity index is 2.05. The van der Waals surface area contributed by atoms with E-state index in [9.17, 15) is 4.79 Å². The van der Waals surface area contributed by atoms with Gasteiger partial charge < -0.3 is 4.74 Å². The Kier molecular flexibility index (Phi) is 1.64. The summed E-state index contributed by atoms with van der Waals surface area (Å²) in [6.45, 7) is 4.40. The van der Waals surface area contributed by atoms with Crippen molar-refractivity contribution in [3.8, 4) is 0 Å². The lowest BCUT2D eigenvalue weighted by atomic mass is 9.84. The Morgan fingerprint density at radius 3 is 3.13 bits per heavy atom. The smallest absolute Gasteiger partial charge is 0.257 e. The van der Waals surface area contributed by atoms with Crippen LogP contribution in [0.15, 0.2) is 12.2 Å². The van der Waals surface area contributed by atoms with Crippen LogP contribution in [0.25, 0.3) is 0 Å². The van der Waals surface area contributed by atoms with E-state index < -0.39 is 11.1 Å². The normalized spacial score (nSPS) is 41.9. The maximum absolute atomic E-state index is 12.2. The number of fused-ring (bicyclic) bond motifs is 1. The first kappa shape index (κ1) is 9.36. The molecule has 2 fully saturated rings. The predicted octanol–water partition coefficient (Wildman–Crippen LogP) is 1.23. The van der Waals surface area contributed by atoms with Gasteiger partial charge in [-0.25, -0.2) is 0 Å². The van der Waals surface area contributed by atoms with Crippen molar-refractivity contribution in [3.63, 3.8) is 0 Å². The Morgan fingerprint density at radius 2 is 2.33 bits per heavy atom. The summed E-state index contributed by atoms with van der Waals surface area (Å²) in [4.78, 5) is 17.7. The Morgan fingerprint density at radius 1 is 1.53 bits per heavy atom. The quantitative estimate of drug-likeness (QED) is 0.563. The molecule has 2 bridgehead atoms. The van der Waals surface area contributed by atoms with Crippen molar-refractivity contribution in [2.75, 3.05) is 6.61 Å². The molecule has 0 aromatic carbocycles. The molecule has 2 saturated heterocycles. The second kappa shape index (κ2) is 2.62. The van der Waals surface area contributed by atoms with Crippen molar-refractivity contribution in [3.05, 3.63) is 12.2 Å². The fraction of sp³-hybridized carbons (Fsp3) is 0.727. The third-order valence-electron chi connectivity index (χ3n) is 3.55. The van der Waals surface area contributed by atoms with Crippen LogP contribution in [0, 0.1) is 5.41 Å². The number of hydrogen-bond acceptors (Lipinski definition) is 3. The van der Waals surface area contributed by atoms with Crippen molar-refractivity contribution in [1.29, 1.82) is 0 Å². The molecule has 2 atom stereocenters. The molecule has 1 amide bonds. The highest BCUT2D eigenvalue weighted by Crippen LogP contribution is 2.47. The predicted molar refractivity (Wildman–Crippen MR) is 52.6 cm³/mol. The SMILES string of the molecule is CC1(C)C(=O)N2OCCC[C@]23C=C[C@H]1O3. The molecule has 0 aliphatic carbocycles. The van der Waals surface area contributed by atoms with Crippen molar-refractivity contribution in [2.24, 2.45) is 5.41 Å². The summed E-state index contributed by atoms with van der Waals surface area (Å²) >= 11 is 0. The van der Waals surface area contributed by atoms with Crippen LogP contribution in [-0.2, 0) is 14.4 Å². The van der Waals surface area contributed by atoms with Gasteiger partial charge in [0.25, 0.3) is 5.91 Å². The molecule has 4 nitrogen and oxygen atoms in total. The first-order valence-corrected chi connectivity index (χ1v) is 5.41. The van der Waals surface area contributed by atoms with Gasteiger partial charge in [0.05, 0.1) is 18.1 Å². The molecule has 0 unspecified atom stereocenters. The third kappa shape index (κ3) is 1.01. The monoisotopic (exact) mass is 209 g/mol. The van der Waals surface area contributed by atoms with E-state index in [1.807, 2.05) is 26.0 Å². The average Bonchev–Trinajstić information content (AvgIpc) is 2.60. The second-order valence-corrected chi connectivity index (χ2v) is 5.00. The van der Waals surface area contributed by atoms with Gasteiger partial charge in [-0.15, -0.1) is 0 Å². The summed E-state index contributed by atoms with van der Waals surface area (Å²) < 4.78 is 5.94. The van der Waals surface area contributed by atoms with Crippen LogP contribution >= 0.6 is 0 Å². The van der Waals surface area contributed by atoms with Crippen LogP contribution in [0.2, 0.25) is 0 Å². The van der Waals surface area contributed by atoms with Crippen LogP contribution < -0.4 is 0 Å². The van der Waals surface area contributed by atoms with Crippen LogP contribution in [0.4, 0.5) is 0 Å². The molecular weight excluding hydrogens is 194 g/mol. The van der Waals surface area contributed by atoms with Gasteiger partial charge >= 0.3 is 0 Å². The lowest BCUT2D eigenvalue weighted by Crippen LogP contribution is -2.63. The lowest BCUT2D eigenvalue weighted by Gasteiger charge is -2.50. The fourth-order valence-electron chi connectivity index (χ4n) is 2.49. The zero-order valence-corrected chi connectivity index (χ0v) is 9.03. The minimum absolute atomic E-state index is 0.0310. The van der Waals surface area contributed by atoms with Crippen molar-refractivity contribution in [2.45, 2.75) is 38.5 Å². The first-order chi connectivity index (χ1) is 7.06. The van der Waals surface area contributed by atoms with E-state index in [-0.39, 0.29) is 12.0 Å². The number of ether oxygens (including phenoxy) is 1. The molecule has 0 N–H and O–H groups in total. The van der Waals surface area contributed by atoms with E-state index in [4.69, 9.17) is 9.57 Å². The molecule has 0 radical (unpaired) electrons. The van der Waals surface area contributed by atoms with E-state index in [0.29, 0.717) is 6.61 Å². The Labute approximate surface area is 88.8 Å². The van der Waals surface area contributed by atoms with E-state index in [1.54, 1.807) is 0 Å².